The van der Waals surface area contributed by atoms with Crippen molar-refractivity contribution >= 4 is 34.8 Å². The summed E-state index contributed by atoms with van der Waals surface area (Å²) in [4.78, 5) is 3.85. The van der Waals surface area contributed by atoms with Crippen LogP contribution in [0.3, 0.4) is 0 Å². The quantitative estimate of drug-likeness (QED) is 0.610. The zero-order chi connectivity index (χ0) is 14.2. The minimum absolute atomic E-state index is 0.0818. The molecule has 0 bridgehead atoms. The van der Waals surface area contributed by atoms with E-state index in [9.17, 15) is 13.2 Å². The summed E-state index contributed by atoms with van der Waals surface area (Å²) < 4.78 is 38.0. The van der Waals surface area contributed by atoms with E-state index in [4.69, 9.17) is 34.8 Å². The van der Waals surface area contributed by atoms with E-state index >= 15 is 0 Å². The number of halogens is 6. The van der Waals surface area contributed by atoms with E-state index in [1.165, 1.54) is 18.2 Å². The van der Waals surface area contributed by atoms with Crippen molar-refractivity contribution < 1.29 is 13.2 Å². The van der Waals surface area contributed by atoms with E-state index in [2.05, 4.69) is 4.98 Å². The molecule has 1 nitrogen and oxygen atoms in total. The first kappa shape index (κ1) is 14.4. The molecule has 2 rings (SSSR count). The minimum Gasteiger partial charge on any atom is -0.236 e. The van der Waals surface area contributed by atoms with Gasteiger partial charge in [0.15, 0.2) is 0 Å². The second kappa shape index (κ2) is 5.19. The largest absolute Gasteiger partial charge is 0.416 e. The molecular weight excluding hydrogens is 321 g/mol. The average molecular weight is 327 g/mol. The maximum Gasteiger partial charge on any atom is 0.416 e. The SMILES string of the molecule is FC(F)(F)c1cc(Cl)nc(-c2ccc(Cl)c(Cl)c2)c1. The van der Waals surface area contributed by atoms with E-state index < -0.39 is 11.7 Å². The predicted octanol–water partition coefficient (Wildman–Crippen LogP) is 5.73. The number of aromatic nitrogens is 1. The number of alkyl halides is 3. The van der Waals surface area contributed by atoms with Crippen LogP contribution in [0.15, 0.2) is 30.3 Å². The van der Waals surface area contributed by atoms with Gasteiger partial charge in [-0.3, -0.25) is 0 Å². The van der Waals surface area contributed by atoms with Crippen LogP contribution in [0.4, 0.5) is 13.2 Å². The number of benzene rings is 1. The van der Waals surface area contributed by atoms with Crippen molar-refractivity contribution in [2.75, 3.05) is 0 Å². The van der Waals surface area contributed by atoms with Crippen LogP contribution in [0.25, 0.3) is 11.3 Å². The normalized spacial score (nSPS) is 11.7. The summed E-state index contributed by atoms with van der Waals surface area (Å²) in [6.07, 6.45) is -4.49. The third-order valence-corrected chi connectivity index (χ3v) is 3.27. The molecule has 0 N–H and O–H groups in total. The lowest BCUT2D eigenvalue weighted by Crippen LogP contribution is -2.05. The van der Waals surface area contributed by atoms with Crippen LogP contribution in [0.5, 0.6) is 0 Å². The Morgan fingerprint density at radius 1 is 0.895 bits per heavy atom. The smallest absolute Gasteiger partial charge is 0.236 e. The molecule has 0 atom stereocenters. The Hall–Kier alpha value is -0.970. The summed E-state index contributed by atoms with van der Waals surface area (Å²) in [6, 6.07) is 6.11. The Kier molecular flexibility index (Phi) is 3.95. The van der Waals surface area contributed by atoms with Crippen molar-refractivity contribution in [2.24, 2.45) is 0 Å². The number of hydrogen-bond acceptors (Lipinski definition) is 1. The van der Waals surface area contributed by atoms with Crippen LogP contribution >= 0.6 is 34.8 Å². The maximum atomic E-state index is 12.7. The first-order chi connectivity index (χ1) is 8.77. The fourth-order valence-electron chi connectivity index (χ4n) is 1.46. The zero-order valence-corrected chi connectivity index (χ0v) is 11.4. The van der Waals surface area contributed by atoms with Crippen LogP contribution in [-0.2, 0) is 6.18 Å². The summed E-state index contributed by atoms with van der Waals surface area (Å²) in [5, 5.41) is 0.300. The fourth-order valence-corrected chi connectivity index (χ4v) is 1.97. The summed E-state index contributed by atoms with van der Waals surface area (Å²) >= 11 is 17.2. The first-order valence-corrected chi connectivity index (χ1v) is 6.11. The molecular formula is C12H5Cl3F3N. The topological polar surface area (TPSA) is 12.9 Å². The predicted molar refractivity (Wildman–Crippen MR) is 69.7 cm³/mol. The van der Waals surface area contributed by atoms with Crippen LogP contribution in [0.2, 0.25) is 15.2 Å². The van der Waals surface area contributed by atoms with Gasteiger partial charge in [0.2, 0.25) is 0 Å². The van der Waals surface area contributed by atoms with Crippen molar-refractivity contribution in [1.29, 1.82) is 0 Å². The first-order valence-electron chi connectivity index (χ1n) is 4.97. The lowest BCUT2D eigenvalue weighted by Gasteiger charge is -2.09. The van der Waals surface area contributed by atoms with Gasteiger partial charge in [0, 0.05) is 5.56 Å². The van der Waals surface area contributed by atoms with E-state index in [1.807, 2.05) is 0 Å². The van der Waals surface area contributed by atoms with Gasteiger partial charge in [0.1, 0.15) is 5.15 Å². The Bertz CT molecular complexity index is 626. The molecule has 0 aliphatic heterocycles. The summed E-state index contributed by atoms with van der Waals surface area (Å²) in [5.74, 6) is 0. The van der Waals surface area contributed by atoms with Gasteiger partial charge in [-0.1, -0.05) is 40.9 Å². The second-order valence-corrected chi connectivity index (χ2v) is 4.89. The number of pyridine rings is 1. The summed E-state index contributed by atoms with van der Waals surface area (Å²) in [5.41, 5.74) is -0.380. The molecule has 0 saturated heterocycles. The van der Waals surface area contributed by atoms with Gasteiger partial charge in [0.25, 0.3) is 0 Å². The molecule has 1 heterocycles. The van der Waals surface area contributed by atoms with E-state index in [0.29, 0.717) is 10.6 Å². The standard InChI is InChI=1S/C12H5Cl3F3N/c13-8-2-1-6(3-9(8)14)10-4-7(12(16,17)18)5-11(15)19-10/h1-5H. The summed E-state index contributed by atoms with van der Waals surface area (Å²) in [6.45, 7) is 0. The molecule has 0 unspecified atom stereocenters. The van der Waals surface area contributed by atoms with Crippen molar-refractivity contribution in [3.63, 3.8) is 0 Å². The lowest BCUT2D eigenvalue weighted by molar-refractivity contribution is -0.137. The highest BCUT2D eigenvalue weighted by Crippen LogP contribution is 2.34. The molecule has 100 valence electrons. The Morgan fingerprint density at radius 3 is 2.16 bits per heavy atom. The van der Waals surface area contributed by atoms with Crippen LogP contribution in [0, 0.1) is 0 Å². The molecule has 0 aliphatic rings. The molecule has 2 aromatic rings. The van der Waals surface area contributed by atoms with Gasteiger partial charge in [-0.2, -0.15) is 13.2 Å². The van der Waals surface area contributed by atoms with Crippen molar-refractivity contribution in [2.45, 2.75) is 6.18 Å². The maximum absolute atomic E-state index is 12.7. The van der Waals surface area contributed by atoms with Crippen molar-refractivity contribution in [3.05, 3.63) is 51.1 Å². The fraction of sp³-hybridized carbons (Fsp3) is 0.0833. The molecule has 0 saturated carbocycles. The third-order valence-electron chi connectivity index (χ3n) is 2.34. The van der Waals surface area contributed by atoms with Gasteiger partial charge in [-0.05, 0) is 24.3 Å². The number of hydrogen-bond donors (Lipinski definition) is 0. The monoisotopic (exact) mass is 325 g/mol. The molecule has 0 amide bonds. The van der Waals surface area contributed by atoms with Crippen LogP contribution in [0.1, 0.15) is 5.56 Å². The molecule has 0 spiro atoms. The highest BCUT2D eigenvalue weighted by Gasteiger charge is 2.31. The number of rotatable bonds is 1. The zero-order valence-electron chi connectivity index (χ0n) is 9.10. The Labute approximate surface area is 121 Å². The number of nitrogens with zero attached hydrogens (tertiary/aromatic N) is 1. The lowest BCUT2D eigenvalue weighted by atomic mass is 10.1. The summed E-state index contributed by atoms with van der Waals surface area (Å²) in [7, 11) is 0. The molecule has 7 heteroatoms. The molecule has 0 radical (unpaired) electrons. The second-order valence-electron chi connectivity index (χ2n) is 3.69. The van der Waals surface area contributed by atoms with Gasteiger partial charge in [0.05, 0.1) is 21.3 Å². The molecule has 1 aromatic heterocycles. The highest BCUT2D eigenvalue weighted by molar-refractivity contribution is 6.42. The van der Waals surface area contributed by atoms with Crippen LogP contribution < -0.4 is 0 Å². The Balaban J connectivity index is 2.56. The minimum atomic E-state index is -4.49. The van der Waals surface area contributed by atoms with Gasteiger partial charge in [-0.25, -0.2) is 4.98 Å². The van der Waals surface area contributed by atoms with Crippen LogP contribution in [-0.4, -0.2) is 4.98 Å². The molecule has 19 heavy (non-hydrogen) atoms. The van der Waals surface area contributed by atoms with Gasteiger partial charge in [-0.15, -0.1) is 0 Å². The van der Waals surface area contributed by atoms with Gasteiger partial charge >= 0.3 is 6.18 Å². The van der Waals surface area contributed by atoms with E-state index in [1.54, 1.807) is 0 Å². The van der Waals surface area contributed by atoms with Crippen molar-refractivity contribution in [3.8, 4) is 11.3 Å². The van der Waals surface area contributed by atoms with E-state index in [-0.39, 0.29) is 15.9 Å². The van der Waals surface area contributed by atoms with Gasteiger partial charge < -0.3 is 0 Å². The molecule has 0 aliphatic carbocycles. The van der Waals surface area contributed by atoms with Crippen molar-refractivity contribution in [1.82, 2.24) is 4.98 Å². The molecule has 1 aromatic carbocycles. The average Bonchev–Trinajstić information content (AvgIpc) is 2.31. The molecule has 0 fully saturated rings. The third kappa shape index (κ3) is 3.32. The van der Waals surface area contributed by atoms with E-state index in [0.717, 1.165) is 12.1 Å². The highest BCUT2D eigenvalue weighted by atomic mass is 35.5. The Morgan fingerprint density at radius 2 is 1.58 bits per heavy atom.